The maximum absolute atomic E-state index is 13.4. The lowest BCUT2D eigenvalue weighted by Crippen LogP contribution is -2.49. The molecule has 0 radical (unpaired) electrons. The molecule has 0 spiro atoms. The fourth-order valence-electron chi connectivity index (χ4n) is 5.07. The Labute approximate surface area is 234 Å². The third-order valence-corrected chi connectivity index (χ3v) is 7.33. The molecule has 2 fully saturated rings. The van der Waals surface area contributed by atoms with E-state index in [1.54, 1.807) is 17.0 Å². The molecule has 5 rings (SSSR count). The van der Waals surface area contributed by atoms with Gasteiger partial charge in [0.1, 0.15) is 5.82 Å². The van der Waals surface area contributed by atoms with Crippen molar-refractivity contribution in [2.75, 3.05) is 70.4 Å². The van der Waals surface area contributed by atoms with Crippen LogP contribution in [0, 0.1) is 0 Å². The minimum atomic E-state index is -4.41. The van der Waals surface area contributed by atoms with Gasteiger partial charge in [-0.1, -0.05) is 6.07 Å². The number of oxazole rings is 1. The average molecular weight is 577 g/mol. The van der Waals surface area contributed by atoms with Gasteiger partial charge in [0.05, 0.1) is 26.9 Å². The molecule has 220 valence electrons. The van der Waals surface area contributed by atoms with E-state index in [4.69, 9.17) is 18.6 Å². The number of amides is 1. The van der Waals surface area contributed by atoms with Crippen LogP contribution in [-0.2, 0) is 6.18 Å². The van der Waals surface area contributed by atoms with Crippen molar-refractivity contribution >= 4 is 17.4 Å². The van der Waals surface area contributed by atoms with Crippen molar-refractivity contribution in [1.29, 1.82) is 0 Å². The molecule has 2 aromatic heterocycles. The van der Waals surface area contributed by atoms with E-state index in [1.807, 2.05) is 4.90 Å². The van der Waals surface area contributed by atoms with Crippen LogP contribution in [0.3, 0.4) is 0 Å². The topological polar surface area (TPSA) is 106 Å². The first kappa shape index (κ1) is 28.3. The minimum Gasteiger partial charge on any atom is -0.481 e. The van der Waals surface area contributed by atoms with E-state index in [-0.39, 0.29) is 29.5 Å². The summed E-state index contributed by atoms with van der Waals surface area (Å²) in [6.07, 6.45) is -2.99. The first-order valence-electron chi connectivity index (χ1n) is 13.2. The third-order valence-electron chi connectivity index (χ3n) is 7.33. The molecule has 11 nitrogen and oxygen atoms in total. The summed E-state index contributed by atoms with van der Waals surface area (Å²) in [4.78, 5) is 32.0. The lowest BCUT2D eigenvalue weighted by Gasteiger charge is -2.36. The normalized spacial score (nSPS) is 16.6. The molecule has 41 heavy (non-hydrogen) atoms. The lowest BCUT2D eigenvalue weighted by molar-refractivity contribution is -0.137. The average Bonchev–Trinajstić information content (AvgIpc) is 3.45. The SMILES string of the molecule is COc1cc(N2CCC(c3nc(C(=O)N4CCN(c5cccc(C(F)(F)F)c5)CC4)c(OC)o3)CC2)nc(OC)n1. The Balaban J connectivity index is 1.22. The maximum atomic E-state index is 13.4. The Kier molecular flexibility index (Phi) is 8.08. The van der Waals surface area contributed by atoms with E-state index in [2.05, 4.69) is 19.9 Å². The smallest absolute Gasteiger partial charge is 0.416 e. The fourth-order valence-corrected chi connectivity index (χ4v) is 5.07. The number of hydrogen-bond acceptors (Lipinski definition) is 10. The molecule has 4 heterocycles. The van der Waals surface area contributed by atoms with Crippen molar-refractivity contribution in [2.24, 2.45) is 0 Å². The second kappa shape index (κ2) is 11.7. The molecule has 0 saturated carbocycles. The first-order valence-corrected chi connectivity index (χ1v) is 13.2. The summed E-state index contributed by atoms with van der Waals surface area (Å²) >= 11 is 0. The van der Waals surface area contributed by atoms with Crippen molar-refractivity contribution in [3.8, 4) is 17.8 Å². The number of methoxy groups -OCH3 is 3. The highest BCUT2D eigenvalue weighted by molar-refractivity contribution is 5.94. The van der Waals surface area contributed by atoms with Gasteiger partial charge in [0.2, 0.25) is 17.5 Å². The second-order valence-electron chi connectivity index (χ2n) is 9.74. The van der Waals surface area contributed by atoms with Gasteiger partial charge < -0.3 is 33.3 Å². The molecular weight excluding hydrogens is 545 g/mol. The molecule has 2 aliphatic heterocycles. The Morgan fingerprint density at radius 2 is 1.63 bits per heavy atom. The predicted molar refractivity (Wildman–Crippen MR) is 142 cm³/mol. The number of halogens is 3. The number of aromatic nitrogens is 3. The van der Waals surface area contributed by atoms with Crippen molar-refractivity contribution in [3.05, 3.63) is 47.5 Å². The van der Waals surface area contributed by atoms with Crippen LogP contribution in [-0.4, -0.2) is 86.4 Å². The number of carbonyl (C=O) groups is 1. The van der Waals surface area contributed by atoms with E-state index in [9.17, 15) is 18.0 Å². The van der Waals surface area contributed by atoms with Crippen molar-refractivity contribution in [3.63, 3.8) is 0 Å². The fraction of sp³-hybridized carbons (Fsp3) is 0.481. The van der Waals surface area contributed by atoms with Crippen molar-refractivity contribution in [2.45, 2.75) is 24.9 Å². The predicted octanol–water partition coefficient (Wildman–Crippen LogP) is 3.86. The van der Waals surface area contributed by atoms with Crippen LogP contribution in [0.25, 0.3) is 0 Å². The summed E-state index contributed by atoms with van der Waals surface area (Å²) in [5.41, 5.74) is -0.128. The third kappa shape index (κ3) is 6.10. The molecule has 1 amide bonds. The summed E-state index contributed by atoms with van der Waals surface area (Å²) in [5.74, 6) is 1.23. The molecule has 0 aliphatic carbocycles. The molecule has 1 aromatic carbocycles. The number of ether oxygens (including phenoxy) is 3. The van der Waals surface area contributed by atoms with Crippen LogP contribution in [0.15, 0.2) is 34.7 Å². The lowest BCUT2D eigenvalue weighted by atomic mass is 9.97. The summed E-state index contributed by atoms with van der Waals surface area (Å²) in [5, 5.41) is 0. The zero-order valence-electron chi connectivity index (χ0n) is 23.0. The number of piperazine rings is 1. The van der Waals surface area contributed by atoms with Gasteiger partial charge in [-0.25, -0.2) is 4.98 Å². The number of benzene rings is 1. The molecule has 2 aliphatic rings. The van der Waals surface area contributed by atoms with Gasteiger partial charge in [0, 0.05) is 56.9 Å². The van der Waals surface area contributed by atoms with Crippen LogP contribution in [0.5, 0.6) is 17.8 Å². The van der Waals surface area contributed by atoms with Crippen LogP contribution in [0.1, 0.15) is 40.7 Å². The van der Waals surface area contributed by atoms with Crippen LogP contribution in [0.4, 0.5) is 24.7 Å². The number of nitrogens with zero attached hydrogens (tertiary/aromatic N) is 6. The van der Waals surface area contributed by atoms with E-state index in [1.165, 1.54) is 27.4 Å². The summed E-state index contributed by atoms with van der Waals surface area (Å²) in [6, 6.07) is 7.18. The highest BCUT2D eigenvalue weighted by Gasteiger charge is 2.34. The van der Waals surface area contributed by atoms with Crippen molar-refractivity contribution in [1.82, 2.24) is 19.9 Å². The van der Waals surface area contributed by atoms with Gasteiger partial charge in [-0.05, 0) is 31.0 Å². The number of piperidine rings is 1. The Morgan fingerprint density at radius 1 is 0.902 bits per heavy atom. The molecule has 2 saturated heterocycles. The number of rotatable bonds is 7. The number of anilines is 2. The Hall–Kier alpha value is -4.23. The zero-order valence-corrected chi connectivity index (χ0v) is 23.0. The van der Waals surface area contributed by atoms with Gasteiger partial charge in [0.25, 0.3) is 5.91 Å². The quantitative estimate of drug-likeness (QED) is 0.412. The summed E-state index contributed by atoms with van der Waals surface area (Å²) < 4.78 is 61.1. The summed E-state index contributed by atoms with van der Waals surface area (Å²) in [7, 11) is 4.45. The molecule has 0 bridgehead atoms. The molecule has 14 heteroatoms. The van der Waals surface area contributed by atoms with Gasteiger partial charge in [0.15, 0.2) is 0 Å². The van der Waals surface area contributed by atoms with E-state index in [0.29, 0.717) is 75.4 Å². The second-order valence-corrected chi connectivity index (χ2v) is 9.74. The maximum Gasteiger partial charge on any atom is 0.416 e. The highest BCUT2D eigenvalue weighted by Crippen LogP contribution is 2.35. The highest BCUT2D eigenvalue weighted by atomic mass is 19.4. The standard InChI is InChI=1S/C27H31F3N6O5/c1-38-21-16-20(31-26(32-21)40-3)35-9-7-17(8-10-35)23-33-22(25(39-2)41-23)24(37)36-13-11-34(12-14-36)19-6-4-5-18(15-19)27(28,29)30/h4-6,15-17H,7-14H2,1-3H3. The Morgan fingerprint density at radius 3 is 2.27 bits per heavy atom. The van der Waals surface area contributed by atoms with Gasteiger partial charge in [-0.2, -0.15) is 23.1 Å². The molecule has 0 atom stereocenters. The van der Waals surface area contributed by atoms with E-state index < -0.39 is 11.7 Å². The number of alkyl halides is 3. The largest absolute Gasteiger partial charge is 0.481 e. The van der Waals surface area contributed by atoms with Gasteiger partial charge in [-0.15, -0.1) is 0 Å². The first-order chi connectivity index (χ1) is 19.7. The van der Waals surface area contributed by atoms with Gasteiger partial charge >= 0.3 is 18.1 Å². The van der Waals surface area contributed by atoms with Crippen LogP contribution < -0.4 is 24.0 Å². The van der Waals surface area contributed by atoms with Crippen LogP contribution in [0.2, 0.25) is 0 Å². The molecular formula is C27H31F3N6O5. The zero-order chi connectivity index (χ0) is 29.1. The molecule has 3 aromatic rings. The number of carbonyl (C=O) groups excluding carboxylic acids is 1. The minimum absolute atomic E-state index is 0.0231. The Bertz CT molecular complexity index is 1350. The van der Waals surface area contributed by atoms with Gasteiger partial charge in [-0.3, -0.25) is 4.79 Å². The van der Waals surface area contributed by atoms with E-state index in [0.717, 1.165) is 12.1 Å². The van der Waals surface area contributed by atoms with Crippen LogP contribution >= 0.6 is 0 Å². The van der Waals surface area contributed by atoms with Crippen molar-refractivity contribution < 1.29 is 36.6 Å². The molecule has 0 unspecified atom stereocenters. The molecule has 0 N–H and O–H groups in total. The summed E-state index contributed by atoms with van der Waals surface area (Å²) in [6.45, 7) is 2.75. The number of hydrogen-bond donors (Lipinski definition) is 0. The monoisotopic (exact) mass is 576 g/mol. The van der Waals surface area contributed by atoms with E-state index >= 15 is 0 Å².